The minimum Gasteiger partial charge on any atom is -0.367 e. The van der Waals surface area contributed by atoms with E-state index >= 15 is 0 Å². The number of hydrogen-bond donors (Lipinski definition) is 1. The van der Waals surface area contributed by atoms with Crippen LogP contribution in [0.3, 0.4) is 0 Å². The van der Waals surface area contributed by atoms with Crippen LogP contribution in [0.4, 0.5) is 11.4 Å². The maximum Gasteiger partial charge on any atom is 0.255 e. The normalized spacial score (nSPS) is 14.4. The number of carbonyl (C=O) groups is 1. The number of amides is 1. The summed E-state index contributed by atoms with van der Waals surface area (Å²) in [5.74, 6) is -0.0795. The van der Waals surface area contributed by atoms with Crippen LogP contribution in [0, 0.1) is 6.92 Å². The molecule has 1 amide bonds. The van der Waals surface area contributed by atoms with Crippen LogP contribution >= 0.6 is 0 Å². The Morgan fingerprint density at radius 3 is 2.39 bits per heavy atom. The Balaban J connectivity index is 1.56. The molecule has 1 heterocycles. The summed E-state index contributed by atoms with van der Waals surface area (Å²) < 4.78 is 0. The van der Waals surface area contributed by atoms with Crippen LogP contribution in [-0.2, 0) is 0 Å². The minimum absolute atomic E-state index is 0.0795. The number of likely N-dealkylation sites (N-methyl/N-ethyl adjacent to an activating group) is 1. The Hall–Kier alpha value is -3.63. The summed E-state index contributed by atoms with van der Waals surface area (Å²) in [6.07, 6.45) is 0. The van der Waals surface area contributed by atoms with Gasteiger partial charge in [-0.05, 0) is 60.1 Å². The van der Waals surface area contributed by atoms with E-state index < -0.39 is 0 Å². The lowest BCUT2D eigenvalue weighted by atomic mass is 9.97. The number of anilines is 2. The average molecular weight is 436 g/mol. The van der Waals surface area contributed by atoms with E-state index in [1.54, 1.807) is 0 Å². The average Bonchev–Trinajstić information content (AvgIpc) is 2.84. The number of aryl methyl sites for hydroxylation is 1. The van der Waals surface area contributed by atoms with Gasteiger partial charge in [0.15, 0.2) is 0 Å². The lowest BCUT2D eigenvalue weighted by Gasteiger charge is -2.35. The highest BCUT2D eigenvalue weighted by atomic mass is 16.1. The molecular weight excluding hydrogens is 406 g/mol. The summed E-state index contributed by atoms with van der Waals surface area (Å²) in [5, 5.41) is 5.65. The highest BCUT2D eigenvalue weighted by Crippen LogP contribution is 2.35. The van der Waals surface area contributed by atoms with Gasteiger partial charge in [-0.3, -0.25) is 4.79 Å². The molecule has 0 saturated carbocycles. The molecule has 0 unspecified atom stereocenters. The highest BCUT2D eigenvalue weighted by molar-refractivity contribution is 6.07. The number of carbonyl (C=O) groups excluding carboxylic acids is 1. The van der Waals surface area contributed by atoms with Crippen LogP contribution in [-0.4, -0.2) is 44.0 Å². The molecule has 0 aliphatic carbocycles. The first kappa shape index (κ1) is 21.2. The summed E-state index contributed by atoms with van der Waals surface area (Å²) in [6.45, 7) is 5.91. The van der Waals surface area contributed by atoms with Crippen LogP contribution in [0.25, 0.3) is 21.9 Å². The largest absolute Gasteiger partial charge is 0.367 e. The molecule has 166 valence electrons. The van der Waals surface area contributed by atoms with Crippen molar-refractivity contribution in [2.24, 2.45) is 0 Å². The molecule has 0 aromatic heterocycles. The number of benzene rings is 4. The van der Waals surface area contributed by atoms with Gasteiger partial charge in [0.25, 0.3) is 5.91 Å². The van der Waals surface area contributed by atoms with Gasteiger partial charge in [-0.1, -0.05) is 66.2 Å². The number of hydrogen-bond acceptors (Lipinski definition) is 3. The standard InChI is InChI=1S/C29H29N3O/c1-21-7-5-10-24(19-21)29(33)30-27-20-23(13-14-28(27)32-17-15-31(2)16-18-32)26-12-6-9-22-8-3-4-11-25(22)26/h3-14,19-20H,15-18H2,1-2H3,(H,30,33). The van der Waals surface area contributed by atoms with Crippen LogP contribution in [0.1, 0.15) is 15.9 Å². The molecular formula is C29H29N3O. The quantitative estimate of drug-likeness (QED) is 0.439. The van der Waals surface area contributed by atoms with E-state index in [2.05, 4.69) is 82.8 Å². The summed E-state index contributed by atoms with van der Waals surface area (Å²) in [6, 6.07) is 29.0. The van der Waals surface area contributed by atoms with Crippen molar-refractivity contribution in [3.63, 3.8) is 0 Å². The third-order valence-electron chi connectivity index (χ3n) is 6.47. The fourth-order valence-corrected chi connectivity index (χ4v) is 4.58. The first-order chi connectivity index (χ1) is 16.1. The number of fused-ring (bicyclic) bond motifs is 1. The van der Waals surface area contributed by atoms with E-state index in [1.807, 2.05) is 31.2 Å². The molecule has 33 heavy (non-hydrogen) atoms. The molecule has 1 aliphatic heterocycles. The fourth-order valence-electron chi connectivity index (χ4n) is 4.58. The number of piperazine rings is 1. The lowest BCUT2D eigenvalue weighted by Crippen LogP contribution is -2.44. The summed E-state index contributed by atoms with van der Waals surface area (Å²) in [7, 11) is 2.15. The van der Waals surface area contributed by atoms with E-state index in [-0.39, 0.29) is 5.91 Å². The van der Waals surface area contributed by atoms with Crippen LogP contribution in [0.5, 0.6) is 0 Å². The van der Waals surface area contributed by atoms with Gasteiger partial charge in [-0.15, -0.1) is 0 Å². The summed E-state index contributed by atoms with van der Waals surface area (Å²) in [4.78, 5) is 17.9. The smallest absolute Gasteiger partial charge is 0.255 e. The maximum atomic E-state index is 13.2. The van der Waals surface area contributed by atoms with Crippen molar-refractivity contribution in [2.45, 2.75) is 6.92 Å². The van der Waals surface area contributed by atoms with Crippen molar-refractivity contribution in [3.05, 3.63) is 96.1 Å². The first-order valence-electron chi connectivity index (χ1n) is 11.5. The van der Waals surface area contributed by atoms with Crippen molar-refractivity contribution in [3.8, 4) is 11.1 Å². The van der Waals surface area contributed by atoms with Gasteiger partial charge in [0.1, 0.15) is 0 Å². The summed E-state index contributed by atoms with van der Waals surface area (Å²) >= 11 is 0. The van der Waals surface area contributed by atoms with Gasteiger partial charge in [0.05, 0.1) is 11.4 Å². The van der Waals surface area contributed by atoms with Gasteiger partial charge in [-0.25, -0.2) is 0 Å². The van der Waals surface area contributed by atoms with Crippen molar-refractivity contribution >= 4 is 28.1 Å². The van der Waals surface area contributed by atoms with Gasteiger partial charge in [0, 0.05) is 31.7 Å². The Morgan fingerprint density at radius 1 is 0.818 bits per heavy atom. The zero-order valence-electron chi connectivity index (χ0n) is 19.2. The Labute approximate surface area is 195 Å². The molecule has 5 rings (SSSR count). The molecule has 0 spiro atoms. The van der Waals surface area contributed by atoms with Crippen molar-refractivity contribution in [1.82, 2.24) is 4.90 Å². The molecule has 4 heteroatoms. The number of nitrogens with zero attached hydrogens (tertiary/aromatic N) is 2. The molecule has 0 atom stereocenters. The van der Waals surface area contributed by atoms with E-state index in [0.717, 1.165) is 48.7 Å². The van der Waals surface area contributed by atoms with Crippen molar-refractivity contribution < 1.29 is 4.79 Å². The molecule has 1 aliphatic rings. The van der Waals surface area contributed by atoms with E-state index in [0.29, 0.717) is 5.56 Å². The Morgan fingerprint density at radius 2 is 1.58 bits per heavy atom. The van der Waals surface area contributed by atoms with Crippen molar-refractivity contribution in [1.29, 1.82) is 0 Å². The Kier molecular flexibility index (Phi) is 5.84. The molecule has 1 fully saturated rings. The molecule has 0 radical (unpaired) electrons. The molecule has 4 aromatic carbocycles. The lowest BCUT2D eigenvalue weighted by molar-refractivity contribution is 0.102. The topological polar surface area (TPSA) is 35.6 Å². The van der Waals surface area contributed by atoms with Crippen LogP contribution in [0.15, 0.2) is 84.9 Å². The minimum atomic E-state index is -0.0795. The second-order valence-corrected chi connectivity index (χ2v) is 8.87. The molecule has 4 nitrogen and oxygen atoms in total. The van der Waals surface area contributed by atoms with E-state index in [9.17, 15) is 4.79 Å². The number of nitrogens with one attached hydrogen (secondary N) is 1. The molecule has 0 bridgehead atoms. The molecule has 1 saturated heterocycles. The second-order valence-electron chi connectivity index (χ2n) is 8.87. The monoisotopic (exact) mass is 435 g/mol. The molecule has 4 aromatic rings. The van der Waals surface area contributed by atoms with Crippen molar-refractivity contribution in [2.75, 3.05) is 43.4 Å². The third-order valence-corrected chi connectivity index (χ3v) is 6.47. The molecule has 1 N–H and O–H groups in total. The fraction of sp³-hybridized carbons (Fsp3) is 0.207. The third kappa shape index (κ3) is 4.48. The predicted octanol–water partition coefficient (Wildman–Crippen LogP) is 5.82. The highest BCUT2D eigenvalue weighted by Gasteiger charge is 2.19. The van der Waals surface area contributed by atoms with Crippen LogP contribution < -0.4 is 10.2 Å². The first-order valence-corrected chi connectivity index (χ1v) is 11.5. The van der Waals surface area contributed by atoms with Gasteiger partial charge >= 0.3 is 0 Å². The van der Waals surface area contributed by atoms with E-state index in [1.165, 1.54) is 16.3 Å². The van der Waals surface area contributed by atoms with Gasteiger partial charge in [-0.2, -0.15) is 0 Å². The zero-order chi connectivity index (χ0) is 22.8. The Bertz CT molecular complexity index is 1300. The second kappa shape index (κ2) is 9.08. The zero-order valence-corrected chi connectivity index (χ0v) is 19.2. The maximum absolute atomic E-state index is 13.2. The van der Waals surface area contributed by atoms with Crippen LogP contribution in [0.2, 0.25) is 0 Å². The number of rotatable bonds is 4. The predicted molar refractivity (Wildman–Crippen MR) is 138 cm³/mol. The van der Waals surface area contributed by atoms with E-state index in [4.69, 9.17) is 0 Å². The van der Waals surface area contributed by atoms with Gasteiger partial charge < -0.3 is 15.1 Å². The SMILES string of the molecule is Cc1cccc(C(=O)Nc2cc(-c3cccc4ccccc34)ccc2N2CCN(C)CC2)c1. The van der Waals surface area contributed by atoms with Gasteiger partial charge in [0.2, 0.25) is 0 Å². The summed E-state index contributed by atoms with van der Waals surface area (Å²) in [5.41, 5.74) is 5.96.